The van der Waals surface area contributed by atoms with Crippen LogP contribution in [0.2, 0.25) is 0 Å². The van der Waals surface area contributed by atoms with Crippen LogP contribution in [0.15, 0.2) is 24.4 Å². The van der Waals surface area contributed by atoms with Crippen LogP contribution in [-0.2, 0) is 7.05 Å². The maximum atomic E-state index is 10.8. The Bertz CT molecular complexity index is 805. The van der Waals surface area contributed by atoms with Gasteiger partial charge >= 0.3 is 5.82 Å². The highest BCUT2D eigenvalue weighted by molar-refractivity contribution is 5.79. The molecular formula is C12H11N5O3. The molecule has 3 aromatic rings. The number of fused-ring (bicyclic) bond motifs is 1. The summed E-state index contributed by atoms with van der Waals surface area (Å²) in [4.78, 5) is 21.8. The van der Waals surface area contributed by atoms with E-state index >= 15 is 0 Å². The zero-order chi connectivity index (χ0) is 14.3. The summed E-state index contributed by atoms with van der Waals surface area (Å²) in [6, 6.07) is 5.42. The first-order valence-electron chi connectivity index (χ1n) is 5.80. The topological polar surface area (TPSA) is 98.9 Å². The lowest BCUT2D eigenvalue weighted by atomic mass is 10.3. The summed E-state index contributed by atoms with van der Waals surface area (Å²) in [6.45, 7) is 0. The van der Waals surface area contributed by atoms with Crippen molar-refractivity contribution in [3.8, 4) is 17.4 Å². The number of nitro groups is 1. The molecule has 102 valence electrons. The molecule has 0 atom stereocenters. The van der Waals surface area contributed by atoms with Crippen LogP contribution in [0.3, 0.4) is 0 Å². The van der Waals surface area contributed by atoms with E-state index in [0.29, 0.717) is 17.4 Å². The second-order valence-corrected chi connectivity index (χ2v) is 4.22. The van der Waals surface area contributed by atoms with Crippen LogP contribution in [0.4, 0.5) is 5.82 Å². The van der Waals surface area contributed by atoms with Crippen molar-refractivity contribution in [2.24, 2.45) is 7.05 Å². The molecule has 0 unspecified atom stereocenters. The van der Waals surface area contributed by atoms with Crippen molar-refractivity contribution in [1.82, 2.24) is 19.5 Å². The summed E-state index contributed by atoms with van der Waals surface area (Å²) >= 11 is 0. The van der Waals surface area contributed by atoms with Crippen molar-refractivity contribution in [2.75, 3.05) is 7.11 Å². The monoisotopic (exact) mass is 273 g/mol. The summed E-state index contributed by atoms with van der Waals surface area (Å²) < 4.78 is 6.52. The Kier molecular flexibility index (Phi) is 2.63. The Balaban J connectivity index is 2.12. The molecule has 8 heteroatoms. The fraction of sp³-hybridized carbons (Fsp3) is 0.167. The number of aromatic nitrogens is 4. The lowest BCUT2D eigenvalue weighted by Crippen LogP contribution is -1.99. The second-order valence-electron chi connectivity index (χ2n) is 4.22. The van der Waals surface area contributed by atoms with E-state index in [0.717, 1.165) is 11.0 Å². The molecule has 0 aliphatic carbocycles. The van der Waals surface area contributed by atoms with Crippen molar-refractivity contribution in [2.45, 2.75) is 0 Å². The van der Waals surface area contributed by atoms with Gasteiger partial charge in [-0.05, 0) is 17.1 Å². The third kappa shape index (κ3) is 1.78. The smallest absolute Gasteiger partial charge is 0.343 e. The minimum absolute atomic E-state index is 0.0852. The number of hydrogen-bond donors (Lipinski definition) is 1. The molecule has 0 bridgehead atoms. The van der Waals surface area contributed by atoms with Gasteiger partial charge < -0.3 is 19.8 Å². The van der Waals surface area contributed by atoms with Gasteiger partial charge in [-0.3, -0.25) is 0 Å². The highest BCUT2D eigenvalue weighted by atomic mass is 16.6. The van der Waals surface area contributed by atoms with Crippen molar-refractivity contribution in [1.29, 1.82) is 0 Å². The van der Waals surface area contributed by atoms with Gasteiger partial charge in [-0.25, -0.2) is 14.5 Å². The average Bonchev–Trinajstić information content (AvgIpc) is 3.00. The van der Waals surface area contributed by atoms with Crippen molar-refractivity contribution in [3.63, 3.8) is 0 Å². The van der Waals surface area contributed by atoms with Gasteiger partial charge in [-0.1, -0.05) is 0 Å². The molecule has 1 aromatic carbocycles. The quantitative estimate of drug-likeness (QED) is 0.580. The lowest BCUT2D eigenvalue weighted by Gasteiger charge is -1.96. The van der Waals surface area contributed by atoms with Gasteiger partial charge in [0.25, 0.3) is 5.82 Å². The first-order chi connectivity index (χ1) is 9.60. The van der Waals surface area contributed by atoms with Crippen LogP contribution >= 0.6 is 0 Å². The molecule has 20 heavy (non-hydrogen) atoms. The van der Waals surface area contributed by atoms with E-state index in [1.807, 2.05) is 12.1 Å². The zero-order valence-electron chi connectivity index (χ0n) is 10.8. The van der Waals surface area contributed by atoms with Gasteiger partial charge in [0, 0.05) is 6.07 Å². The number of ether oxygens (including phenoxy) is 1. The Hall–Kier alpha value is -2.90. The van der Waals surface area contributed by atoms with Gasteiger partial charge in [-0.2, -0.15) is 0 Å². The Morgan fingerprint density at radius 1 is 1.45 bits per heavy atom. The fourth-order valence-electron chi connectivity index (χ4n) is 2.01. The summed E-state index contributed by atoms with van der Waals surface area (Å²) in [6.07, 6.45) is 1.21. The molecule has 0 saturated carbocycles. The third-order valence-corrected chi connectivity index (χ3v) is 3.05. The van der Waals surface area contributed by atoms with E-state index in [4.69, 9.17) is 4.74 Å². The van der Waals surface area contributed by atoms with E-state index in [1.54, 1.807) is 20.2 Å². The Morgan fingerprint density at radius 3 is 2.90 bits per heavy atom. The zero-order valence-corrected chi connectivity index (χ0v) is 10.8. The lowest BCUT2D eigenvalue weighted by molar-refractivity contribution is -0.391. The van der Waals surface area contributed by atoms with E-state index in [9.17, 15) is 10.1 Å². The van der Waals surface area contributed by atoms with Crippen molar-refractivity contribution < 1.29 is 9.66 Å². The maximum Gasteiger partial charge on any atom is 0.343 e. The Labute approximate surface area is 113 Å². The molecule has 8 nitrogen and oxygen atoms in total. The molecule has 0 radical (unpaired) electrons. The minimum Gasteiger partial charge on any atom is -0.497 e. The first-order valence-corrected chi connectivity index (χ1v) is 5.80. The van der Waals surface area contributed by atoms with E-state index in [1.165, 1.54) is 10.8 Å². The van der Waals surface area contributed by atoms with Crippen LogP contribution in [0.1, 0.15) is 0 Å². The van der Waals surface area contributed by atoms with Gasteiger partial charge in [0.15, 0.2) is 5.82 Å². The van der Waals surface area contributed by atoms with Crippen LogP contribution in [0.25, 0.3) is 22.7 Å². The van der Waals surface area contributed by atoms with Crippen molar-refractivity contribution in [3.05, 3.63) is 34.5 Å². The summed E-state index contributed by atoms with van der Waals surface area (Å²) in [7, 11) is 3.16. The van der Waals surface area contributed by atoms with Gasteiger partial charge in [-0.15, -0.1) is 0 Å². The molecule has 2 aromatic heterocycles. The first kappa shape index (κ1) is 12.2. The molecule has 1 N–H and O–H groups in total. The normalized spacial score (nSPS) is 10.9. The number of rotatable bonds is 3. The molecule has 0 aliphatic rings. The summed E-state index contributed by atoms with van der Waals surface area (Å²) in [5.41, 5.74) is 1.52. The standard InChI is InChI=1S/C12H11N5O3/c1-16-10(17(18)19)6-13-12(16)11-14-8-4-3-7(20-2)5-9(8)15-11/h3-6H,1-2H3,(H,14,15). The molecule has 0 spiro atoms. The van der Waals surface area contributed by atoms with E-state index in [-0.39, 0.29) is 5.82 Å². The summed E-state index contributed by atoms with van der Waals surface area (Å²) in [5, 5.41) is 10.8. The van der Waals surface area contributed by atoms with Gasteiger partial charge in [0.2, 0.25) is 0 Å². The van der Waals surface area contributed by atoms with Gasteiger partial charge in [0.05, 0.1) is 25.2 Å². The number of imidazole rings is 2. The largest absolute Gasteiger partial charge is 0.497 e. The number of H-pyrrole nitrogens is 1. The number of methoxy groups -OCH3 is 1. The predicted octanol–water partition coefficient (Wildman–Crippen LogP) is 1.88. The highest BCUT2D eigenvalue weighted by Gasteiger charge is 2.20. The second kappa shape index (κ2) is 4.34. The van der Waals surface area contributed by atoms with Crippen LogP contribution in [-0.4, -0.2) is 31.6 Å². The molecule has 0 amide bonds. The molecule has 2 heterocycles. The van der Waals surface area contributed by atoms with Crippen LogP contribution in [0.5, 0.6) is 5.75 Å². The number of nitrogens with zero attached hydrogens (tertiary/aromatic N) is 4. The van der Waals surface area contributed by atoms with E-state index < -0.39 is 4.92 Å². The molecule has 0 aliphatic heterocycles. The number of nitrogens with one attached hydrogen (secondary N) is 1. The maximum absolute atomic E-state index is 10.8. The summed E-state index contributed by atoms with van der Waals surface area (Å²) in [5.74, 6) is 1.51. The number of hydrogen-bond acceptors (Lipinski definition) is 5. The SMILES string of the molecule is COc1ccc2nc(-c3ncc([N+](=O)[O-])n3C)[nH]c2c1. The number of aromatic amines is 1. The third-order valence-electron chi connectivity index (χ3n) is 3.05. The molecule has 0 saturated heterocycles. The van der Waals surface area contributed by atoms with Crippen LogP contribution < -0.4 is 4.74 Å². The average molecular weight is 273 g/mol. The van der Waals surface area contributed by atoms with E-state index in [2.05, 4.69) is 15.0 Å². The molecule has 0 fully saturated rings. The fourth-order valence-corrected chi connectivity index (χ4v) is 2.01. The van der Waals surface area contributed by atoms with Gasteiger partial charge in [0.1, 0.15) is 11.9 Å². The Morgan fingerprint density at radius 2 is 2.25 bits per heavy atom. The highest BCUT2D eigenvalue weighted by Crippen LogP contribution is 2.24. The van der Waals surface area contributed by atoms with Crippen LogP contribution in [0, 0.1) is 10.1 Å². The predicted molar refractivity (Wildman–Crippen MR) is 71.5 cm³/mol. The molecule has 3 rings (SSSR count). The molecular weight excluding hydrogens is 262 g/mol. The minimum atomic E-state index is -0.484. The van der Waals surface area contributed by atoms with Crippen molar-refractivity contribution >= 4 is 16.9 Å². The number of benzene rings is 1.